The highest BCUT2D eigenvalue weighted by Crippen LogP contribution is 2.28. The van der Waals surface area contributed by atoms with Crippen LogP contribution in [-0.2, 0) is 4.74 Å². The molecule has 5 heteroatoms. The highest BCUT2D eigenvalue weighted by atomic mass is 16.5. The van der Waals surface area contributed by atoms with Crippen molar-refractivity contribution >= 4 is 5.97 Å². The fourth-order valence-corrected chi connectivity index (χ4v) is 1.90. The summed E-state index contributed by atoms with van der Waals surface area (Å²) in [4.78, 5) is 19.4. The van der Waals surface area contributed by atoms with E-state index in [0.29, 0.717) is 23.0 Å². The fraction of sp³-hybridized carbons (Fsp3) is 0.333. The summed E-state index contributed by atoms with van der Waals surface area (Å²) in [7, 11) is 1.60. The highest BCUT2D eigenvalue weighted by molar-refractivity contribution is 5.89. The third kappa shape index (κ3) is 2.82. The van der Waals surface area contributed by atoms with Gasteiger partial charge >= 0.3 is 5.97 Å². The summed E-state index contributed by atoms with van der Waals surface area (Å²) in [6, 6.07) is 7.50. The highest BCUT2D eigenvalue weighted by Gasteiger charge is 2.19. The van der Waals surface area contributed by atoms with Crippen LogP contribution in [0.2, 0.25) is 0 Å². The van der Waals surface area contributed by atoms with E-state index in [1.807, 2.05) is 24.3 Å². The molecule has 1 aromatic heterocycles. The van der Waals surface area contributed by atoms with Gasteiger partial charge in [-0.2, -0.15) is 0 Å². The molecule has 0 fully saturated rings. The zero-order valence-electron chi connectivity index (χ0n) is 12.1. The largest absolute Gasteiger partial charge is 0.496 e. The molecule has 0 aliphatic rings. The van der Waals surface area contributed by atoms with Crippen molar-refractivity contribution in [3.05, 3.63) is 35.7 Å². The minimum atomic E-state index is -0.421. The molecule has 106 valence electrons. The number of hydrogen-bond acceptors (Lipinski definition) is 4. The molecule has 1 heterocycles. The minimum Gasteiger partial charge on any atom is -0.496 e. The second-order valence-electron chi connectivity index (χ2n) is 4.71. The van der Waals surface area contributed by atoms with Crippen LogP contribution in [0, 0.1) is 6.92 Å². The first kappa shape index (κ1) is 14.1. The molecule has 0 amide bonds. The lowest BCUT2D eigenvalue weighted by Crippen LogP contribution is -2.13. The van der Waals surface area contributed by atoms with Crippen molar-refractivity contribution in [1.82, 2.24) is 9.97 Å². The van der Waals surface area contributed by atoms with Crippen LogP contribution in [0.5, 0.6) is 5.75 Å². The van der Waals surface area contributed by atoms with E-state index < -0.39 is 5.97 Å². The van der Waals surface area contributed by atoms with Gasteiger partial charge in [-0.15, -0.1) is 0 Å². The molecule has 1 aromatic carbocycles. The Morgan fingerprint density at radius 1 is 1.30 bits per heavy atom. The summed E-state index contributed by atoms with van der Waals surface area (Å²) in [5, 5.41) is 0. The van der Waals surface area contributed by atoms with Crippen LogP contribution in [0.3, 0.4) is 0 Å². The van der Waals surface area contributed by atoms with Gasteiger partial charge in [-0.05, 0) is 32.9 Å². The Kier molecular flexibility index (Phi) is 4.08. The average Bonchev–Trinajstić information content (AvgIpc) is 2.80. The number of para-hydroxylation sites is 1. The van der Waals surface area contributed by atoms with Crippen LogP contribution < -0.4 is 4.74 Å². The Labute approximate surface area is 117 Å². The second kappa shape index (κ2) is 5.77. The number of ether oxygens (including phenoxy) is 2. The number of nitrogens with zero attached hydrogens (tertiary/aromatic N) is 1. The number of nitrogens with one attached hydrogen (secondary N) is 1. The van der Waals surface area contributed by atoms with Gasteiger partial charge in [0.1, 0.15) is 11.6 Å². The van der Waals surface area contributed by atoms with Crippen LogP contribution >= 0.6 is 0 Å². The summed E-state index contributed by atoms with van der Waals surface area (Å²) >= 11 is 0. The lowest BCUT2D eigenvalue weighted by atomic mass is 10.2. The van der Waals surface area contributed by atoms with E-state index in [0.717, 1.165) is 5.56 Å². The minimum absolute atomic E-state index is 0.173. The number of aromatic nitrogens is 2. The van der Waals surface area contributed by atoms with Gasteiger partial charge in [-0.1, -0.05) is 12.1 Å². The number of carbonyl (C=O) groups excluding carboxylic acids is 1. The van der Waals surface area contributed by atoms with E-state index in [1.54, 1.807) is 27.9 Å². The molecule has 5 nitrogen and oxygen atoms in total. The molecule has 0 aliphatic carbocycles. The van der Waals surface area contributed by atoms with Crippen molar-refractivity contribution in [3.63, 3.8) is 0 Å². The topological polar surface area (TPSA) is 64.2 Å². The summed E-state index contributed by atoms with van der Waals surface area (Å²) < 4.78 is 10.5. The Hall–Kier alpha value is -2.30. The van der Waals surface area contributed by atoms with Gasteiger partial charge in [0.15, 0.2) is 5.69 Å². The van der Waals surface area contributed by atoms with Crippen LogP contribution in [0.15, 0.2) is 24.3 Å². The second-order valence-corrected chi connectivity index (χ2v) is 4.71. The van der Waals surface area contributed by atoms with Crippen LogP contribution in [0.4, 0.5) is 0 Å². The summed E-state index contributed by atoms with van der Waals surface area (Å²) in [5.74, 6) is 0.871. The predicted octanol–water partition coefficient (Wildman–Crippen LogP) is 2.96. The number of carbonyl (C=O) groups is 1. The Morgan fingerprint density at radius 2 is 2.00 bits per heavy atom. The number of aryl methyl sites for hydroxylation is 1. The average molecular weight is 274 g/mol. The van der Waals surface area contributed by atoms with Gasteiger partial charge in [-0.3, -0.25) is 0 Å². The van der Waals surface area contributed by atoms with Gasteiger partial charge in [-0.25, -0.2) is 9.78 Å². The predicted molar refractivity (Wildman–Crippen MR) is 75.9 cm³/mol. The lowest BCUT2D eigenvalue weighted by Gasteiger charge is -2.06. The van der Waals surface area contributed by atoms with E-state index in [4.69, 9.17) is 9.47 Å². The van der Waals surface area contributed by atoms with Crippen LogP contribution in [0.25, 0.3) is 11.4 Å². The molecule has 20 heavy (non-hydrogen) atoms. The summed E-state index contributed by atoms with van der Waals surface area (Å²) in [6.07, 6.45) is -0.173. The third-order valence-corrected chi connectivity index (χ3v) is 2.78. The number of imidazole rings is 1. The Bertz CT molecular complexity index is 617. The molecular weight excluding hydrogens is 256 g/mol. The van der Waals surface area contributed by atoms with Gasteiger partial charge in [0.25, 0.3) is 0 Å². The molecule has 0 radical (unpaired) electrons. The molecule has 0 unspecified atom stereocenters. The van der Waals surface area contributed by atoms with Crippen molar-refractivity contribution < 1.29 is 14.3 Å². The maximum Gasteiger partial charge on any atom is 0.359 e. The molecule has 0 spiro atoms. The maximum absolute atomic E-state index is 11.9. The number of methoxy groups -OCH3 is 1. The van der Waals surface area contributed by atoms with Crippen molar-refractivity contribution in [2.45, 2.75) is 26.9 Å². The maximum atomic E-state index is 11.9. The number of rotatable bonds is 4. The first-order valence-corrected chi connectivity index (χ1v) is 6.44. The quantitative estimate of drug-likeness (QED) is 0.871. The van der Waals surface area contributed by atoms with E-state index >= 15 is 0 Å². The number of H-pyrrole nitrogens is 1. The molecule has 1 N–H and O–H groups in total. The normalized spacial score (nSPS) is 10.7. The zero-order valence-corrected chi connectivity index (χ0v) is 12.1. The summed E-state index contributed by atoms with van der Waals surface area (Å²) in [6.45, 7) is 5.41. The molecule has 2 aromatic rings. The van der Waals surface area contributed by atoms with Gasteiger partial charge in [0, 0.05) is 5.69 Å². The monoisotopic (exact) mass is 274 g/mol. The van der Waals surface area contributed by atoms with Crippen molar-refractivity contribution in [2.24, 2.45) is 0 Å². The molecule has 0 saturated heterocycles. The van der Waals surface area contributed by atoms with Crippen molar-refractivity contribution in [1.29, 1.82) is 0 Å². The van der Waals surface area contributed by atoms with Crippen molar-refractivity contribution in [3.8, 4) is 17.1 Å². The molecule has 0 atom stereocenters. The van der Waals surface area contributed by atoms with E-state index in [9.17, 15) is 4.79 Å². The summed E-state index contributed by atoms with van der Waals surface area (Å²) in [5.41, 5.74) is 1.79. The van der Waals surface area contributed by atoms with E-state index in [1.165, 1.54) is 0 Å². The van der Waals surface area contributed by atoms with Gasteiger partial charge < -0.3 is 14.5 Å². The molecular formula is C15H18N2O3. The molecule has 0 bridgehead atoms. The van der Waals surface area contributed by atoms with Crippen molar-refractivity contribution in [2.75, 3.05) is 7.11 Å². The molecule has 0 aliphatic heterocycles. The Morgan fingerprint density at radius 3 is 2.65 bits per heavy atom. The zero-order chi connectivity index (χ0) is 14.7. The fourth-order valence-electron chi connectivity index (χ4n) is 1.90. The first-order valence-electron chi connectivity index (χ1n) is 6.44. The van der Waals surface area contributed by atoms with Crippen LogP contribution in [-0.4, -0.2) is 29.2 Å². The third-order valence-electron chi connectivity index (χ3n) is 2.78. The SMILES string of the molecule is COc1ccccc1-c1nc(C(=O)OC(C)C)c(C)[nH]1. The van der Waals surface area contributed by atoms with Crippen LogP contribution in [0.1, 0.15) is 30.0 Å². The van der Waals surface area contributed by atoms with E-state index in [2.05, 4.69) is 9.97 Å². The van der Waals surface area contributed by atoms with Gasteiger partial charge in [0.05, 0.1) is 18.8 Å². The molecule has 2 rings (SSSR count). The number of benzene rings is 1. The standard InChI is InChI=1S/C15H18N2O3/c1-9(2)20-15(18)13-10(3)16-14(17-13)11-7-5-6-8-12(11)19-4/h5-9H,1-4H3,(H,16,17). The number of aromatic amines is 1. The number of hydrogen-bond donors (Lipinski definition) is 1. The van der Waals surface area contributed by atoms with Gasteiger partial charge in [0.2, 0.25) is 0 Å². The first-order chi connectivity index (χ1) is 9.52. The Balaban J connectivity index is 2.38. The molecule has 0 saturated carbocycles. The number of esters is 1. The lowest BCUT2D eigenvalue weighted by molar-refractivity contribution is 0.0370. The van der Waals surface area contributed by atoms with E-state index in [-0.39, 0.29) is 6.10 Å². The smallest absolute Gasteiger partial charge is 0.359 e.